The molecule has 3 saturated heterocycles. The van der Waals surface area contributed by atoms with Crippen molar-refractivity contribution in [3.05, 3.63) is 88.1 Å². The van der Waals surface area contributed by atoms with Gasteiger partial charge in [-0.3, -0.25) is 39.1 Å². The molecule has 5 heterocycles. The molecule has 1 aromatic heterocycles. The third-order valence-corrected chi connectivity index (χ3v) is 17.5. The van der Waals surface area contributed by atoms with E-state index in [1.807, 2.05) is 45.9 Å². The summed E-state index contributed by atoms with van der Waals surface area (Å²) >= 11 is 12.5. The van der Waals surface area contributed by atoms with Crippen LogP contribution in [0, 0.1) is 24.7 Å². The average molecular weight is 1300 g/mol. The minimum absolute atomic E-state index is 0.000536. The summed E-state index contributed by atoms with van der Waals surface area (Å²) in [7, 11) is 3.05. The number of allylic oxidation sites excluding steroid dienone is 3. The maximum absolute atomic E-state index is 14.5. The molecule has 0 unspecified atom stereocenters. The predicted molar refractivity (Wildman–Crippen MR) is 338 cm³/mol. The SMILES string of the molecule is CO[C@@H]1/C=C/C=C(\C)Cc2cc(C)c(Cl)c(c2)N(C)C(=O)C[C@H](OC(=O)Nc2ccc(CC(=O)[C@H](CCCNC(N)=O)NC(=O)[C@@H](CC(=S)NCCOCCOCCC(=O)ON3C(=O)CCC3=O)C(C)C)c3cccnc23)[C@]2(C)O[C@H]2[C@H](C)[C@@H]2C[C@@]1(O)CC(=O)O2. The standard InChI is InChI=1S/C64H83ClN8O17S/c1-36(2)43(32-51(91)67-23-25-86-27-26-85-24-20-55(78)90-73-52(75)18-19-53(73)76)60(80)70-44(14-11-22-69-61(66)81)47(74)31-41-16-17-45(58-42(41)13-10-21-68-58)71-62(82)88-50-33-54(77)72(7)46-30-40(29-38(4)57(46)65)28-37(3)12-9-15-49(84-8)64(83)34-48(87-56(79)35-64)39(5)59-63(50,6)89-59/h9-10,12-13,15-17,21,29-30,36,39,43-44,48-50,59,83H,11,14,18-20,22-28,31-35H2,1-8H3,(H,67,91)(H,70,80)(H,71,82)(H3,66,69,81)/b15-9+,37-12+/t39-,43+,44+,48+,49-,50+,59+,63+,64-/m1/s1. The number of ether oxygens (including phenoxy) is 6. The van der Waals surface area contributed by atoms with Crippen molar-refractivity contribution in [2.24, 2.45) is 23.5 Å². The molecule has 0 saturated carbocycles. The van der Waals surface area contributed by atoms with Gasteiger partial charge in [-0.05, 0) is 80.8 Å². The van der Waals surface area contributed by atoms with Gasteiger partial charge < -0.3 is 64.9 Å². The van der Waals surface area contributed by atoms with Crippen LogP contribution in [0.5, 0.6) is 0 Å². The fourth-order valence-electron chi connectivity index (χ4n) is 11.5. The van der Waals surface area contributed by atoms with E-state index in [0.29, 0.717) is 50.2 Å². The van der Waals surface area contributed by atoms with Gasteiger partial charge in [0, 0.05) is 82.8 Å². The van der Waals surface area contributed by atoms with Crippen molar-refractivity contribution in [1.29, 1.82) is 0 Å². The summed E-state index contributed by atoms with van der Waals surface area (Å²) in [5, 5.41) is 24.8. The van der Waals surface area contributed by atoms with Crippen LogP contribution in [0.3, 0.4) is 0 Å². The number of pyridine rings is 1. The number of methoxy groups -OCH3 is 1. The highest BCUT2D eigenvalue weighted by atomic mass is 35.5. The molecule has 0 radical (unpaired) electrons. The van der Waals surface area contributed by atoms with Gasteiger partial charge in [-0.15, -0.1) is 5.06 Å². The minimum Gasteiger partial charge on any atom is -0.462 e. The van der Waals surface area contributed by atoms with E-state index in [4.69, 9.17) is 62.8 Å². The van der Waals surface area contributed by atoms with Gasteiger partial charge in [-0.25, -0.2) is 14.4 Å². The van der Waals surface area contributed by atoms with Crippen LogP contribution >= 0.6 is 23.8 Å². The lowest BCUT2D eigenvalue weighted by molar-refractivity contribution is -0.198. The van der Waals surface area contributed by atoms with Gasteiger partial charge in [0.25, 0.3) is 11.8 Å². The molecule has 2 aromatic carbocycles. The number of hydrogen-bond acceptors (Lipinski definition) is 19. The van der Waals surface area contributed by atoms with E-state index in [-0.39, 0.29) is 115 Å². The van der Waals surface area contributed by atoms with Gasteiger partial charge in [0.15, 0.2) is 5.78 Å². The van der Waals surface area contributed by atoms with Gasteiger partial charge >= 0.3 is 24.1 Å². The van der Waals surface area contributed by atoms with E-state index in [2.05, 4.69) is 26.3 Å². The largest absolute Gasteiger partial charge is 0.462 e. The number of carbonyl (C=O) groups excluding carboxylic acids is 9. The first kappa shape index (κ1) is 71.0. The second-order valence-electron chi connectivity index (χ2n) is 24.0. The molecular weight excluding hydrogens is 1220 g/mol. The predicted octanol–water partition coefficient (Wildman–Crippen LogP) is 6.13. The molecule has 27 heteroatoms. The number of aliphatic hydroxyl groups is 1. The number of nitrogens with one attached hydrogen (secondary N) is 4. The van der Waals surface area contributed by atoms with Crippen LogP contribution in [0.15, 0.2) is 66.4 Å². The zero-order valence-corrected chi connectivity index (χ0v) is 54.2. The van der Waals surface area contributed by atoms with Crippen molar-refractivity contribution in [3.63, 3.8) is 0 Å². The van der Waals surface area contributed by atoms with E-state index in [0.717, 1.165) is 16.7 Å². The number of benzene rings is 2. The Morgan fingerprint density at radius 1 is 0.978 bits per heavy atom. The van der Waals surface area contributed by atoms with Crippen molar-refractivity contribution >= 4 is 105 Å². The molecule has 4 aliphatic heterocycles. The number of carbonyl (C=O) groups is 9. The number of esters is 1. The number of rotatable bonds is 25. The van der Waals surface area contributed by atoms with Gasteiger partial charge in [0.05, 0.1) is 84.7 Å². The van der Waals surface area contributed by atoms with Crippen LogP contribution in [0.1, 0.15) is 109 Å². The number of aryl methyl sites for hydroxylation is 1. The summed E-state index contributed by atoms with van der Waals surface area (Å²) in [5.41, 5.74) is 6.39. The lowest BCUT2D eigenvalue weighted by atomic mass is 9.78. The summed E-state index contributed by atoms with van der Waals surface area (Å²) in [6, 6.07) is 8.64. The van der Waals surface area contributed by atoms with Gasteiger partial charge in [-0.2, -0.15) is 0 Å². The number of fused-ring (bicyclic) bond motifs is 6. The number of hydrogen-bond donors (Lipinski definition) is 6. The number of nitrogens with zero attached hydrogens (tertiary/aromatic N) is 3. The number of aromatic nitrogens is 1. The van der Waals surface area contributed by atoms with Crippen molar-refractivity contribution in [1.82, 2.24) is 26.0 Å². The normalized spacial score (nSPS) is 24.3. The molecule has 0 aliphatic carbocycles. The number of primary amides is 1. The number of nitrogens with two attached hydrogens (primary N) is 1. The minimum atomic E-state index is -1.64. The number of hydroxylamine groups is 2. The molecular formula is C64H83ClN8O17S. The lowest BCUT2D eigenvalue weighted by Gasteiger charge is -2.41. The van der Waals surface area contributed by atoms with Crippen LogP contribution in [0.4, 0.5) is 21.0 Å². The van der Waals surface area contributed by atoms with E-state index in [1.165, 1.54) is 18.2 Å². The summed E-state index contributed by atoms with van der Waals surface area (Å²) < 4.78 is 35.3. The number of halogens is 1. The molecule has 91 heavy (non-hydrogen) atoms. The molecule has 9 atom stereocenters. The Morgan fingerprint density at radius 2 is 1.70 bits per heavy atom. The zero-order valence-electron chi connectivity index (χ0n) is 52.6. The number of epoxide rings is 1. The summed E-state index contributed by atoms with van der Waals surface area (Å²) in [6.07, 6.45) is 2.24. The molecule has 7 N–H and O–H groups in total. The molecule has 4 bridgehead atoms. The second-order valence-corrected chi connectivity index (χ2v) is 24.9. The highest BCUT2D eigenvalue weighted by Crippen LogP contribution is 2.50. The Kier molecular flexibility index (Phi) is 25.1. The number of ketones is 1. The first-order chi connectivity index (χ1) is 43.2. The maximum Gasteiger partial charge on any atom is 0.412 e. The molecule has 494 valence electrons. The third-order valence-electron chi connectivity index (χ3n) is 16.7. The first-order valence-electron chi connectivity index (χ1n) is 30.4. The zero-order chi connectivity index (χ0) is 66.3. The fraction of sp³-hybridized carbons (Fsp3) is 0.547. The van der Waals surface area contributed by atoms with E-state index in [9.17, 15) is 48.3 Å². The monoisotopic (exact) mass is 1300 g/mol. The van der Waals surface area contributed by atoms with Crippen LogP contribution in [0.2, 0.25) is 5.02 Å². The van der Waals surface area contributed by atoms with E-state index < -0.39 is 101 Å². The topological polar surface area (TPSA) is 335 Å². The first-order valence-corrected chi connectivity index (χ1v) is 31.2. The molecule has 0 spiro atoms. The van der Waals surface area contributed by atoms with Crippen molar-refractivity contribution < 1.29 is 81.5 Å². The number of anilines is 2. The number of imide groups is 1. The highest BCUT2D eigenvalue weighted by Gasteiger charge is 2.64. The molecule has 7 amide bonds. The van der Waals surface area contributed by atoms with Gasteiger partial charge in [0.1, 0.15) is 29.5 Å². The summed E-state index contributed by atoms with van der Waals surface area (Å²) in [4.78, 5) is 129. The Hall–Kier alpha value is -7.46. The Morgan fingerprint density at radius 3 is 2.41 bits per heavy atom. The fourth-order valence-corrected chi connectivity index (χ4v) is 12.0. The molecule has 3 fully saturated rings. The van der Waals surface area contributed by atoms with E-state index >= 15 is 0 Å². The van der Waals surface area contributed by atoms with Crippen LogP contribution in [-0.2, 0) is 79.7 Å². The Labute approximate surface area is 539 Å². The quantitative estimate of drug-likeness (QED) is 0.0183. The van der Waals surface area contributed by atoms with Gasteiger partial charge in [0.2, 0.25) is 11.8 Å². The number of amides is 7. The number of urea groups is 1. The lowest BCUT2D eigenvalue weighted by Crippen LogP contribution is -2.53. The van der Waals surface area contributed by atoms with Crippen molar-refractivity contribution in [2.75, 3.05) is 63.9 Å². The Balaban J connectivity index is 1.01. The molecule has 3 aromatic rings. The number of thiocarbonyl (C=S) groups is 1. The van der Waals surface area contributed by atoms with Gasteiger partial charge in [-0.1, -0.05) is 86.6 Å². The van der Waals surface area contributed by atoms with Crippen LogP contribution < -0.4 is 31.9 Å². The third kappa shape index (κ3) is 19.1. The van der Waals surface area contributed by atoms with Crippen molar-refractivity contribution in [2.45, 2.75) is 154 Å². The summed E-state index contributed by atoms with van der Waals surface area (Å²) in [6.45, 7) is 12.0. The Bertz CT molecular complexity index is 3280. The van der Waals surface area contributed by atoms with Crippen LogP contribution in [0.25, 0.3) is 10.9 Å². The molecule has 4 aliphatic rings. The molecule has 25 nitrogen and oxygen atoms in total. The van der Waals surface area contributed by atoms with Crippen molar-refractivity contribution in [3.8, 4) is 0 Å². The molecule has 7 rings (SSSR count). The highest BCUT2D eigenvalue weighted by molar-refractivity contribution is 7.80. The van der Waals surface area contributed by atoms with Crippen LogP contribution in [-0.4, -0.2) is 169 Å². The average Bonchev–Trinajstić information content (AvgIpc) is 1.59. The smallest absolute Gasteiger partial charge is 0.412 e. The second kappa shape index (κ2) is 32.2. The summed E-state index contributed by atoms with van der Waals surface area (Å²) in [5.74, 6) is -5.20. The maximum atomic E-state index is 14.5. The van der Waals surface area contributed by atoms with E-state index in [1.54, 1.807) is 57.3 Å². The number of Topliss-reactive ketones (excluding diaryl/α,β-unsaturated/α-hetero) is 1.